The van der Waals surface area contributed by atoms with E-state index in [0.29, 0.717) is 31.4 Å². The van der Waals surface area contributed by atoms with Crippen LogP contribution < -0.4 is 0 Å². The number of hydrogen-bond donors (Lipinski definition) is 1. The van der Waals surface area contributed by atoms with Crippen LogP contribution >= 0.6 is 0 Å². The van der Waals surface area contributed by atoms with Gasteiger partial charge in [-0.3, -0.25) is 9.59 Å². The van der Waals surface area contributed by atoms with Crippen LogP contribution in [-0.2, 0) is 16.0 Å². The van der Waals surface area contributed by atoms with Crippen LogP contribution in [0.15, 0.2) is 24.3 Å². The highest BCUT2D eigenvalue weighted by molar-refractivity contribution is 5.81. The number of carbonyl (C=O) groups is 2. The number of rotatable bonds is 4. The van der Waals surface area contributed by atoms with E-state index in [4.69, 9.17) is 0 Å². The van der Waals surface area contributed by atoms with Crippen molar-refractivity contribution in [3.05, 3.63) is 35.6 Å². The molecular weight excluding hydrogens is 285 g/mol. The summed E-state index contributed by atoms with van der Waals surface area (Å²) in [7, 11) is 0. The minimum Gasteiger partial charge on any atom is -0.481 e. The third-order valence-electron chi connectivity index (χ3n) is 4.43. The quantitative estimate of drug-likeness (QED) is 0.930. The van der Waals surface area contributed by atoms with Gasteiger partial charge in [-0.1, -0.05) is 25.1 Å². The maximum Gasteiger partial charge on any atom is 0.311 e. The van der Waals surface area contributed by atoms with E-state index in [1.165, 1.54) is 6.07 Å². The average Bonchev–Trinajstić information content (AvgIpc) is 2.48. The Morgan fingerprint density at radius 3 is 2.73 bits per heavy atom. The molecule has 0 spiro atoms. The molecule has 1 aromatic carbocycles. The van der Waals surface area contributed by atoms with Crippen LogP contribution in [0, 0.1) is 17.2 Å². The first-order chi connectivity index (χ1) is 10.3. The SMILES string of the molecule is CC(Cc1ccccc1F)C(=O)N1CCCC(C)(C(=O)O)C1. The van der Waals surface area contributed by atoms with Crippen LogP contribution in [0.4, 0.5) is 4.39 Å². The molecule has 1 N–H and O–H groups in total. The zero-order chi connectivity index (χ0) is 16.3. The number of hydrogen-bond acceptors (Lipinski definition) is 2. The molecule has 22 heavy (non-hydrogen) atoms. The van der Waals surface area contributed by atoms with E-state index in [1.54, 1.807) is 36.9 Å². The molecule has 0 aliphatic carbocycles. The summed E-state index contributed by atoms with van der Waals surface area (Å²) in [5.41, 5.74) is -0.368. The van der Waals surface area contributed by atoms with Gasteiger partial charge in [0.05, 0.1) is 5.41 Å². The summed E-state index contributed by atoms with van der Waals surface area (Å²) in [5, 5.41) is 9.32. The number of carboxylic acids is 1. The van der Waals surface area contributed by atoms with Gasteiger partial charge in [0.15, 0.2) is 0 Å². The number of carboxylic acid groups (broad SMARTS) is 1. The van der Waals surface area contributed by atoms with Crippen molar-refractivity contribution in [3.8, 4) is 0 Å². The van der Waals surface area contributed by atoms with E-state index in [1.807, 2.05) is 0 Å². The fourth-order valence-corrected chi connectivity index (χ4v) is 2.99. The maximum atomic E-state index is 13.7. The van der Waals surface area contributed by atoms with Gasteiger partial charge < -0.3 is 10.0 Å². The number of piperidine rings is 1. The smallest absolute Gasteiger partial charge is 0.311 e. The van der Waals surface area contributed by atoms with Crippen LogP contribution in [0.2, 0.25) is 0 Å². The van der Waals surface area contributed by atoms with Gasteiger partial charge in [-0.15, -0.1) is 0 Å². The van der Waals surface area contributed by atoms with E-state index in [-0.39, 0.29) is 24.2 Å². The lowest BCUT2D eigenvalue weighted by molar-refractivity contribution is -0.154. The molecule has 0 bridgehead atoms. The summed E-state index contributed by atoms with van der Waals surface area (Å²) in [6.07, 6.45) is 1.58. The second-order valence-electron chi connectivity index (χ2n) is 6.43. The molecule has 1 fully saturated rings. The number of nitrogens with zero attached hydrogens (tertiary/aromatic N) is 1. The van der Waals surface area contributed by atoms with Crippen LogP contribution in [-0.4, -0.2) is 35.0 Å². The molecule has 5 heteroatoms. The van der Waals surface area contributed by atoms with Crippen molar-refractivity contribution < 1.29 is 19.1 Å². The minimum absolute atomic E-state index is 0.101. The molecule has 2 rings (SSSR count). The third kappa shape index (κ3) is 3.46. The molecule has 4 nitrogen and oxygen atoms in total. The first kappa shape index (κ1) is 16.5. The second-order valence-corrected chi connectivity index (χ2v) is 6.43. The molecule has 120 valence electrons. The first-order valence-electron chi connectivity index (χ1n) is 7.59. The fraction of sp³-hybridized carbons (Fsp3) is 0.529. The molecular formula is C17H22FNO3. The van der Waals surface area contributed by atoms with Crippen LogP contribution in [0.1, 0.15) is 32.3 Å². The van der Waals surface area contributed by atoms with E-state index in [0.717, 1.165) is 0 Å². The lowest BCUT2D eigenvalue weighted by Crippen LogP contribution is -2.50. The Labute approximate surface area is 129 Å². The second kappa shape index (κ2) is 6.46. The molecule has 2 atom stereocenters. The minimum atomic E-state index is -0.883. The number of benzene rings is 1. The van der Waals surface area contributed by atoms with Crippen molar-refractivity contribution in [2.24, 2.45) is 11.3 Å². The number of likely N-dealkylation sites (tertiary alicyclic amines) is 1. The van der Waals surface area contributed by atoms with Crippen molar-refractivity contribution in [2.75, 3.05) is 13.1 Å². The van der Waals surface area contributed by atoms with Gasteiger partial charge in [-0.2, -0.15) is 0 Å². The summed E-state index contributed by atoms with van der Waals surface area (Å²) < 4.78 is 13.7. The number of halogens is 1. The maximum absolute atomic E-state index is 13.7. The number of carbonyl (C=O) groups excluding carboxylic acids is 1. The Kier molecular flexibility index (Phi) is 4.84. The fourth-order valence-electron chi connectivity index (χ4n) is 2.99. The molecule has 0 saturated carbocycles. The average molecular weight is 307 g/mol. The lowest BCUT2D eigenvalue weighted by Gasteiger charge is -2.38. The van der Waals surface area contributed by atoms with Crippen molar-refractivity contribution in [2.45, 2.75) is 33.1 Å². The first-order valence-corrected chi connectivity index (χ1v) is 7.59. The van der Waals surface area contributed by atoms with Crippen LogP contribution in [0.3, 0.4) is 0 Å². The Morgan fingerprint density at radius 2 is 2.09 bits per heavy atom. The number of aliphatic carboxylic acids is 1. The van der Waals surface area contributed by atoms with Crippen molar-refractivity contribution in [3.63, 3.8) is 0 Å². The predicted octanol–water partition coefficient (Wildman–Crippen LogP) is 2.72. The Morgan fingerprint density at radius 1 is 1.41 bits per heavy atom. The number of amides is 1. The monoisotopic (exact) mass is 307 g/mol. The third-order valence-corrected chi connectivity index (χ3v) is 4.43. The lowest BCUT2D eigenvalue weighted by atomic mass is 9.81. The molecule has 1 amide bonds. The van der Waals surface area contributed by atoms with E-state index in [2.05, 4.69) is 0 Å². The van der Waals surface area contributed by atoms with E-state index < -0.39 is 11.4 Å². The zero-order valence-corrected chi connectivity index (χ0v) is 13.0. The Balaban J connectivity index is 2.04. The highest BCUT2D eigenvalue weighted by Gasteiger charge is 2.40. The summed E-state index contributed by atoms with van der Waals surface area (Å²) in [5.74, 6) is -1.65. The van der Waals surface area contributed by atoms with Crippen molar-refractivity contribution in [1.29, 1.82) is 0 Å². The molecule has 1 aliphatic heterocycles. The van der Waals surface area contributed by atoms with E-state index in [9.17, 15) is 19.1 Å². The van der Waals surface area contributed by atoms with Gasteiger partial charge in [0, 0.05) is 19.0 Å². The van der Waals surface area contributed by atoms with Gasteiger partial charge in [0.1, 0.15) is 5.82 Å². The molecule has 1 heterocycles. The zero-order valence-electron chi connectivity index (χ0n) is 13.0. The molecule has 1 saturated heterocycles. The van der Waals surface area contributed by atoms with Gasteiger partial charge >= 0.3 is 5.97 Å². The highest BCUT2D eigenvalue weighted by atomic mass is 19.1. The molecule has 1 aliphatic rings. The summed E-state index contributed by atoms with van der Waals surface area (Å²) in [4.78, 5) is 25.5. The van der Waals surface area contributed by atoms with Crippen LogP contribution in [0.5, 0.6) is 0 Å². The molecule has 1 aromatic rings. The molecule has 0 aromatic heterocycles. The predicted molar refractivity (Wildman–Crippen MR) is 80.8 cm³/mol. The largest absolute Gasteiger partial charge is 0.481 e. The molecule has 0 radical (unpaired) electrons. The topological polar surface area (TPSA) is 57.6 Å². The molecule has 2 unspecified atom stereocenters. The summed E-state index contributed by atoms with van der Waals surface area (Å²) in [6, 6.07) is 6.43. The Bertz CT molecular complexity index is 575. The van der Waals surface area contributed by atoms with Gasteiger partial charge in [-0.05, 0) is 37.8 Å². The highest BCUT2D eigenvalue weighted by Crippen LogP contribution is 2.30. The summed E-state index contributed by atoms with van der Waals surface area (Å²) in [6.45, 7) is 4.24. The normalized spacial score (nSPS) is 23.1. The van der Waals surface area contributed by atoms with Gasteiger partial charge in [0.2, 0.25) is 5.91 Å². The van der Waals surface area contributed by atoms with Gasteiger partial charge in [-0.25, -0.2) is 4.39 Å². The van der Waals surface area contributed by atoms with Crippen molar-refractivity contribution in [1.82, 2.24) is 4.90 Å². The van der Waals surface area contributed by atoms with E-state index >= 15 is 0 Å². The Hall–Kier alpha value is -1.91. The van der Waals surface area contributed by atoms with Gasteiger partial charge in [0.25, 0.3) is 0 Å². The standard InChI is InChI=1S/C17H22FNO3/c1-12(10-13-6-3-4-7-14(13)18)15(20)19-9-5-8-17(2,11-19)16(21)22/h3-4,6-7,12H,5,8-11H2,1-2H3,(H,21,22). The summed E-state index contributed by atoms with van der Waals surface area (Å²) >= 11 is 0. The van der Waals surface area contributed by atoms with Crippen LogP contribution in [0.25, 0.3) is 0 Å². The van der Waals surface area contributed by atoms with Crippen molar-refractivity contribution >= 4 is 11.9 Å².